The summed E-state index contributed by atoms with van der Waals surface area (Å²) in [6.45, 7) is 0. The minimum atomic E-state index is -0.0883. The molecule has 0 saturated carbocycles. The summed E-state index contributed by atoms with van der Waals surface area (Å²) >= 11 is 0. The van der Waals surface area contributed by atoms with E-state index in [0.29, 0.717) is 0 Å². The molecule has 14 heavy (non-hydrogen) atoms. The van der Waals surface area contributed by atoms with Crippen molar-refractivity contribution in [1.29, 1.82) is 0 Å². The maximum Gasteiger partial charge on any atom is 0.0319 e. The molecule has 1 unspecified atom stereocenters. The van der Waals surface area contributed by atoms with Gasteiger partial charge in [-0.2, -0.15) is 0 Å². The highest BCUT2D eigenvalue weighted by molar-refractivity contribution is 5.86. The second-order valence-electron chi connectivity index (χ2n) is 3.67. The molecule has 0 N–H and O–H groups in total. The Kier molecular flexibility index (Phi) is 1.46. The predicted octanol–water partition coefficient (Wildman–Crippen LogP) is 3.80. The Labute approximate surface area is 85.3 Å². The van der Waals surface area contributed by atoms with Crippen molar-refractivity contribution in [1.82, 2.24) is 0 Å². The van der Waals surface area contributed by atoms with Crippen LogP contribution in [0, 0.1) is 0 Å². The largest absolute Gasteiger partial charge is 0.0836 e. The second kappa shape index (κ2) is 2.98. The lowest BCUT2D eigenvalue weighted by atomic mass is 9.94. The lowest BCUT2D eigenvalue weighted by molar-refractivity contribution is 0.989. The van der Waals surface area contributed by atoms with Crippen LogP contribution in [0.2, 0.25) is 0 Å². The minimum absolute atomic E-state index is 0.0883. The molecule has 1 aliphatic rings. The molecule has 0 radical (unpaired) electrons. The Balaban J connectivity index is 2.33. The van der Waals surface area contributed by atoms with Crippen LogP contribution < -0.4 is 0 Å². The molecule has 0 heterocycles. The van der Waals surface area contributed by atoms with Crippen LogP contribution in [-0.2, 0) is 6.40 Å². The monoisotopic (exact) mass is 181 g/mol. The van der Waals surface area contributed by atoms with Crippen LogP contribution in [0.5, 0.6) is 0 Å². The number of aryl methyl sites for hydroxylation is 1. The van der Waals surface area contributed by atoms with Gasteiger partial charge in [-0.05, 0) is 40.8 Å². The number of allylic oxidation sites excluding steroid dienone is 1. The van der Waals surface area contributed by atoms with Crippen LogP contribution in [-0.4, -0.2) is 0 Å². The Bertz CT molecular complexity index is 540. The van der Waals surface area contributed by atoms with Crippen LogP contribution in [0.15, 0.2) is 42.5 Å². The van der Waals surface area contributed by atoms with E-state index >= 15 is 0 Å². The van der Waals surface area contributed by atoms with Crippen molar-refractivity contribution in [3.63, 3.8) is 0 Å². The van der Waals surface area contributed by atoms with E-state index in [1.807, 2.05) is 6.07 Å². The summed E-state index contributed by atoms with van der Waals surface area (Å²) in [6.07, 6.45) is 4.97. The summed E-state index contributed by atoms with van der Waals surface area (Å²) in [5, 5.41) is 2.50. The van der Waals surface area contributed by atoms with Crippen molar-refractivity contribution in [2.45, 2.75) is 12.8 Å². The predicted molar refractivity (Wildman–Crippen MR) is 61.3 cm³/mol. The molecule has 3 rings (SSSR count). The van der Waals surface area contributed by atoms with Gasteiger partial charge in [0.2, 0.25) is 0 Å². The Hall–Kier alpha value is -1.56. The van der Waals surface area contributed by atoms with Crippen molar-refractivity contribution >= 4 is 16.8 Å². The summed E-state index contributed by atoms with van der Waals surface area (Å²) in [5.74, 6) is 0. The summed E-state index contributed by atoms with van der Waals surface area (Å²) in [4.78, 5) is 0. The third-order valence-electron chi connectivity index (χ3n) is 2.72. The molecule has 0 aliphatic heterocycles. The average Bonchev–Trinajstić information content (AvgIpc) is 2.27. The van der Waals surface area contributed by atoms with E-state index in [9.17, 15) is 0 Å². The van der Waals surface area contributed by atoms with E-state index in [1.54, 1.807) is 0 Å². The van der Waals surface area contributed by atoms with Gasteiger partial charge in [0.25, 0.3) is 0 Å². The fourth-order valence-corrected chi connectivity index (χ4v) is 1.99. The summed E-state index contributed by atoms with van der Waals surface area (Å²) in [6, 6.07) is 12.7. The molecule has 0 bridgehead atoms. The van der Waals surface area contributed by atoms with Gasteiger partial charge in [0, 0.05) is 1.37 Å². The van der Waals surface area contributed by atoms with Crippen molar-refractivity contribution in [3.05, 3.63) is 53.6 Å². The van der Waals surface area contributed by atoms with Gasteiger partial charge >= 0.3 is 0 Å². The van der Waals surface area contributed by atoms with Gasteiger partial charge < -0.3 is 0 Å². The van der Waals surface area contributed by atoms with Crippen molar-refractivity contribution in [2.75, 3.05) is 0 Å². The zero-order chi connectivity index (χ0) is 10.3. The van der Waals surface area contributed by atoms with Gasteiger partial charge in [0.1, 0.15) is 0 Å². The van der Waals surface area contributed by atoms with Crippen LogP contribution in [0.1, 0.15) is 18.9 Å². The first-order valence-electron chi connectivity index (χ1n) is 5.54. The molecule has 1 aliphatic carbocycles. The zero-order valence-corrected chi connectivity index (χ0v) is 7.90. The first kappa shape index (κ1) is 6.83. The number of hydrogen-bond donors (Lipinski definition) is 0. The third kappa shape index (κ3) is 1.15. The van der Waals surface area contributed by atoms with Crippen molar-refractivity contribution in [3.8, 4) is 0 Å². The molecule has 0 aromatic heterocycles. The molecule has 2 aromatic rings. The highest BCUT2D eigenvalue weighted by Gasteiger charge is 2.05. The van der Waals surface area contributed by atoms with E-state index in [2.05, 4.69) is 42.5 Å². The highest BCUT2D eigenvalue weighted by Crippen LogP contribution is 2.25. The van der Waals surface area contributed by atoms with Gasteiger partial charge in [0.05, 0.1) is 0 Å². The molecular weight excluding hydrogens is 168 g/mol. The molecule has 1 atom stereocenters. The Morgan fingerprint density at radius 1 is 1.07 bits per heavy atom. The smallest absolute Gasteiger partial charge is 0.0319 e. The summed E-state index contributed by atoms with van der Waals surface area (Å²) in [5.41, 5.74) is 2.37. The molecule has 0 spiro atoms. The Morgan fingerprint density at radius 2 is 1.86 bits per heavy atom. The highest BCUT2D eigenvalue weighted by atomic mass is 14.1. The summed E-state index contributed by atoms with van der Waals surface area (Å²) in [7, 11) is 0. The maximum absolute atomic E-state index is 7.98. The quantitative estimate of drug-likeness (QED) is 0.580. The zero-order valence-electron chi connectivity index (χ0n) is 8.90. The number of fused-ring (bicyclic) bond motifs is 2. The summed E-state index contributed by atoms with van der Waals surface area (Å²) < 4.78 is 7.98. The fourth-order valence-electron chi connectivity index (χ4n) is 1.99. The molecule has 0 heteroatoms. The lowest BCUT2D eigenvalue weighted by Gasteiger charge is -2.11. The lowest BCUT2D eigenvalue weighted by Crippen LogP contribution is -1.93. The van der Waals surface area contributed by atoms with Gasteiger partial charge in [0.15, 0.2) is 0 Å². The van der Waals surface area contributed by atoms with Crippen LogP contribution in [0.4, 0.5) is 0 Å². The first-order chi connectivity index (χ1) is 7.34. The van der Waals surface area contributed by atoms with E-state index < -0.39 is 0 Å². The molecule has 2 aromatic carbocycles. The second-order valence-corrected chi connectivity index (χ2v) is 3.67. The topological polar surface area (TPSA) is 0 Å². The molecule has 0 saturated heterocycles. The number of rotatable bonds is 0. The maximum atomic E-state index is 7.98. The molecule has 0 fully saturated rings. The van der Waals surface area contributed by atoms with Gasteiger partial charge in [-0.1, -0.05) is 42.5 Å². The Morgan fingerprint density at radius 3 is 2.71 bits per heavy atom. The van der Waals surface area contributed by atoms with E-state index in [-0.39, 0.29) is 6.40 Å². The van der Waals surface area contributed by atoms with Gasteiger partial charge in [-0.3, -0.25) is 0 Å². The normalized spacial score (nSPS) is 20.6. The van der Waals surface area contributed by atoms with E-state index in [0.717, 1.165) is 12.0 Å². The third-order valence-corrected chi connectivity index (χ3v) is 2.72. The van der Waals surface area contributed by atoms with Gasteiger partial charge in [-0.15, -0.1) is 0 Å². The van der Waals surface area contributed by atoms with Crippen LogP contribution >= 0.6 is 0 Å². The van der Waals surface area contributed by atoms with Crippen molar-refractivity contribution < 1.29 is 1.37 Å². The van der Waals surface area contributed by atoms with E-state index in [4.69, 9.17) is 1.37 Å². The van der Waals surface area contributed by atoms with Crippen molar-refractivity contribution in [2.24, 2.45) is 0 Å². The minimum Gasteiger partial charge on any atom is -0.0836 e. The number of benzene rings is 2. The fraction of sp³-hybridized carbons (Fsp3) is 0.143. The van der Waals surface area contributed by atoms with Crippen LogP contribution in [0.25, 0.3) is 16.8 Å². The molecular formula is C14H12. The average molecular weight is 181 g/mol. The molecule has 0 nitrogen and oxygen atoms in total. The molecule has 0 amide bonds. The van der Waals surface area contributed by atoms with Gasteiger partial charge in [-0.25, -0.2) is 0 Å². The van der Waals surface area contributed by atoms with Crippen LogP contribution in [0.3, 0.4) is 0 Å². The number of hydrogen-bond acceptors (Lipinski definition) is 0. The standard InChI is InChI=1S/C14H12/c1-2-6-12-10-14-8-4-3-7-13(14)9-11(12)5-1/h1-3,5-7,9-10H,4,8H2/i8D. The SMILES string of the molecule is [2H]C1CC=Cc2cc3ccccc3cc21. The first-order valence-corrected chi connectivity index (χ1v) is 4.96. The van der Waals surface area contributed by atoms with E-state index in [1.165, 1.54) is 16.3 Å². The molecule has 68 valence electrons.